The lowest BCUT2D eigenvalue weighted by molar-refractivity contribution is 0.541. The second kappa shape index (κ2) is 7.36. The Kier molecular flexibility index (Phi) is 5.21. The quantitative estimate of drug-likeness (QED) is 0.876. The molecule has 2 aromatic rings. The van der Waals surface area contributed by atoms with Crippen LogP contribution in [0.25, 0.3) is 0 Å². The lowest BCUT2D eigenvalue weighted by Gasteiger charge is -2.18. The van der Waals surface area contributed by atoms with Crippen LogP contribution in [-0.4, -0.2) is 28.1 Å². The summed E-state index contributed by atoms with van der Waals surface area (Å²) >= 11 is 0. The molecule has 0 saturated carbocycles. The van der Waals surface area contributed by atoms with Crippen LogP contribution in [0, 0.1) is 12.8 Å². The molecule has 0 aromatic heterocycles. The van der Waals surface area contributed by atoms with Crippen LogP contribution >= 0.6 is 0 Å². The van der Waals surface area contributed by atoms with Crippen molar-refractivity contribution in [2.24, 2.45) is 5.92 Å². The predicted molar refractivity (Wildman–Crippen MR) is 98.6 cm³/mol. The molecule has 5 heteroatoms. The number of hydrogen-bond acceptors (Lipinski definition) is 3. The van der Waals surface area contributed by atoms with E-state index >= 15 is 0 Å². The number of nitrogens with one attached hydrogen (secondary N) is 1. The van der Waals surface area contributed by atoms with Gasteiger partial charge in [-0.2, -0.15) is 0 Å². The van der Waals surface area contributed by atoms with Gasteiger partial charge < -0.3 is 4.90 Å². The van der Waals surface area contributed by atoms with Crippen LogP contribution in [0.2, 0.25) is 0 Å². The molecule has 0 radical (unpaired) electrons. The van der Waals surface area contributed by atoms with Gasteiger partial charge in [0.2, 0.25) is 10.0 Å². The first-order chi connectivity index (χ1) is 11.5. The Balaban J connectivity index is 1.53. The van der Waals surface area contributed by atoms with E-state index in [1.54, 1.807) is 0 Å². The van der Waals surface area contributed by atoms with E-state index in [0.717, 1.165) is 30.6 Å². The highest BCUT2D eigenvalue weighted by molar-refractivity contribution is 7.88. The third kappa shape index (κ3) is 4.36. The maximum absolute atomic E-state index is 12.3. The van der Waals surface area contributed by atoms with E-state index in [-0.39, 0.29) is 5.75 Å². The van der Waals surface area contributed by atoms with Crippen LogP contribution in [0.1, 0.15) is 17.5 Å². The fourth-order valence-corrected chi connectivity index (χ4v) is 4.47. The predicted octanol–water partition coefficient (Wildman–Crippen LogP) is 2.94. The van der Waals surface area contributed by atoms with Crippen molar-refractivity contribution in [1.82, 2.24) is 4.72 Å². The van der Waals surface area contributed by atoms with Gasteiger partial charge in [-0.15, -0.1) is 0 Å². The molecule has 1 aliphatic rings. The fourth-order valence-electron chi connectivity index (χ4n) is 3.15. The first-order valence-corrected chi connectivity index (χ1v) is 10.0. The van der Waals surface area contributed by atoms with Crippen molar-refractivity contribution in [3.05, 3.63) is 65.7 Å². The number of nitrogens with zero attached hydrogens (tertiary/aromatic N) is 1. The molecule has 2 aromatic carbocycles. The van der Waals surface area contributed by atoms with Gasteiger partial charge >= 0.3 is 0 Å². The molecule has 0 aliphatic carbocycles. The van der Waals surface area contributed by atoms with Gasteiger partial charge in [0.25, 0.3) is 0 Å². The Morgan fingerprint density at radius 3 is 2.54 bits per heavy atom. The first-order valence-electron chi connectivity index (χ1n) is 8.35. The van der Waals surface area contributed by atoms with Crippen molar-refractivity contribution in [3.8, 4) is 0 Å². The van der Waals surface area contributed by atoms with Crippen LogP contribution in [-0.2, 0) is 15.8 Å². The van der Waals surface area contributed by atoms with Gasteiger partial charge in [-0.3, -0.25) is 0 Å². The minimum atomic E-state index is -3.30. The van der Waals surface area contributed by atoms with E-state index in [1.807, 2.05) is 49.4 Å². The number of hydrogen-bond donors (Lipinski definition) is 1. The molecule has 1 saturated heterocycles. The molecule has 1 heterocycles. The van der Waals surface area contributed by atoms with Gasteiger partial charge in [-0.25, -0.2) is 13.1 Å². The van der Waals surface area contributed by atoms with Crippen LogP contribution in [0.5, 0.6) is 0 Å². The Morgan fingerprint density at radius 1 is 1.08 bits per heavy atom. The summed E-state index contributed by atoms with van der Waals surface area (Å²) in [6.45, 7) is 4.34. The zero-order valence-corrected chi connectivity index (χ0v) is 14.8. The summed E-state index contributed by atoms with van der Waals surface area (Å²) in [5, 5.41) is 0. The van der Waals surface area contributed by atoms with Gasteiger partial charge in [0.1, 0.15) is 0 Å². The smallest absolute Gasteiger partial charge is 0.215 e. The Hall–Kier alpha value is -1.85. The van der Waals surface area contributed by atoms with E-state index in [0.29, 0.717) is 12.5 Å². The number of anilines is 1. The first kappa shape index (κ1) is 17.0. The van der Waals surface area contributed by atoms with Gasteiger partial charge in [0.05, 0.1) is 5.75 Å². The van der Waals surface area contributed by atoms with Crippen molar-refractivity contribution in [3.63, 3.8) is 0 Å². The summed E-state index contributed by atoms with van der Waals surface area (Å²) in [6.07, 6.45) is 1.02. The molecule has 128 valence electrons. The molecule has 1 unspecified atom stereocenters. The zero-order valence-electron chi connectivity index (χ0n) is 14.0. The van der Waals surface area contributed by atoms with Crippen molar-refractivity contribution in [2.45, 2.75) is 19.1 Å². The number of sulfonamides is 1. The molecule has 1 N–H and O–H groups in total. The molecule has 4 nitrogen and oxygen atoms in total. The monoisotopic (exact) mass is 344 g/mol. The normalized spacial score (nSPS) is 18.0. The van der Waals surface area contributed by atoms with E-state index in [9.17, 15) is 8.42 Å². The summed E-state index contributed by atoms with van der Waals surface area (Å²) in [6, 6.07) is 17.9. The molecule has 1 atom stereocenters. The lowest BCUT2D eigenvalue weighted by Crippen LogP contribution is -2.32. The summed E-state index contributed by atoms with van der Waals surface area (Å²) in [7, 11) is -3.30. The van der Waals surface area contributed by atoms with Gasteiger partial charge in [-0.05, 0) is 42.5 Å². The highest BCUT2D eigenvalue weighted by atomic mass is 32.2. The molecule has 0 spiro atoms. The number of aryl methyl sites for hydroxylation is 1. The van der Waals surface area contributed by atoms with E-state index in [4.69, 9.17) is 0 Å². The standard InChI is InChI=1S/C19H24N2O2S/c1-16-7-5-6-8-18(16)15-24(22,23)20-13-17-11-12-21(14-17)19-9-3-2-4-10-19/h2-10,17,20H,11-15H2,1H3. The topological polar surface area (TPSA) is 49.4 Å². The minimum Gasteiger partial charge on any atom is -0.371 e. The Bertz CT molecular complexity index is 775. The Morgan fingerprint density at radius 2 is 1.79 bits per heavy atom. The summed E-state index contributed by atoms with van der Waals surface area (Å²) in [5.41, 5.74) is 3.09. The van der Waals surface area contributed by atoms with Crippen molar-refractivity contribution < 1.29 is 8.42 Å². The maximum Gasteiger partial charge on any atom is 0.215 e. The summed E-state index contributed by atoms with van der Waals surface area (Å²) in [4.78, 5) is 2.32. The number of para-hydroxylation sites is 1. The highest BCUT2D eigenvalue weighted by Crippen LogP contribution is 2.23. The average molecular weight is 344 g/mol. The number of rotatable bonds is 6. The number of benzene rings is 2. The molecule has 0 amide bonds. The van der Waals surface area contributed by atoms with Crippen molar-refractivity contribution >= 4 is 15.7 Å². The van der Waals surface area contributed by atoms with Crippen LogP contribution in [0.4, 0.5) is 5.69 Å². The van der Waals surface area contributed by atoms with E-state index in [1.165, 1.54) is 5.69 Å². The van der Waals surface area contributed by atoms with Crippen molar-refractivity contribution in [2.75, 3.05) is 24.5 Å². The lowest BCUT2D eigenvalue weighted by atomic mass is 10.1. The average Bonchev–Trinajstić information content (AvgIpc) is 3.05. The third-order valence-electron chi connectivity index (χ3n) is 4.61. The van der Waals surface area contributed by atoms with Gasteiger partial charge in [-0.1, -0.05) is 42.5 Å². The molecule has 3 rings (SSSR count). The summed E-state index contributed by atoms with van der Waals surface area (Å²) in [5.74, 6) is 0.409. The largest absolute Gasteiger partial charge is 0.371 e. The van der Waals surface area contributed by atoms with E-state index < -0.39 is 10.0 Å². The van der Waals surface area contributed by atoms with Gasteiger partial charge in [0, 0.05) is 25.3 Å². The SMILES string of the molecule is Cc1ccccc1CS(=O)(=O)NCC1CCN(c2ccccc2)C1. The Labute approximate surface area is 144 Å². The second-order valence-corrected chi connectivity index (χ2v) is 8.28. The van der Waals surface area contributed by atoms with Gasteiger partial charge in [0.15, 0.2) is 0 Å². The highest BCUT2D eigenvalue weighted by Gasteiger charge is 2.24. The minimum absolute atomic E-state index is 0.0504. The van der Waals surface area contributed by atoms with Crippen LogP contribution < -0.4 is 9.62 Å². The molecule has 0 bridgehead atoms. The molecule has 1 fully saturated rings. The van der Waals surface area contributed by atoms with Crippen LogP contribution in [0.3, 0.4) is 0 Å². The second-order valence-electron chi connectivity index (χ2n) is 6.47. The maximum atomic E-state index is 12.3. The molecular formula is C19H24N2O2S. The van der Waals surface area contributed by atoms with Crippen molar-refractivity contribution in [1.29, 1.82) is 0 Å². The summed E-state index contributed by atoms with van der Waals surface area (Å²) < 4.78 is 27.5. The molecular weight excluding hydrogens is 320 g/mol. The molecule has 24 heavy (non-hydrogen) atoms. The van der Waals surface area contributed by atoms with Crippen LogP contribution in [0.15, 0.2) is 54.6 Å². The third-order valence-corrected chi connectivity index (χ3v) is 5.90. The fraction of sp³-hybridized carbons (Fsp3) is 0.368. The zero-order chi connectivity index (χ0) is 17.0. The van der Waals surface area contributed by atoms with E-state index in [2.05, 4.69) is 21.8 Å². The molecule has 1 aliphatic heterocycles.